The smallest absolute Gasteiger partial charge is 0.307 e. The van der Waals surface area contributed by atoms with Crippen LogP contribution in [0.4, 0.5) is 10.3 Å². The minimum atomic E-state index is -0.817. The van der Waals surface area contributed by atoms with E-state index in [-0.39, 0.29) is 12.8 Å². The molecular formula is C30H36N14O4S4. The van der Waals surface area contributed by atoms with Crippen LogP contribution in [0.5, 0.6) is 0 Å². The Morgan fingerprint density at radius 2 is 1.17 bits per heavy atom. The van der Waals surface area contributed by atoms with Crippen molar-refractivity contribution < 1.29 is 19.1 Å². The summed E-state index contributed by atoms with van der Waals surface area (Å²) in [4.78, 5) is 55.2. The number of imidazole rings is 2. The zero-order valence-electron chi connectivity index (χ0n) is 27.8. The number of unbranched alkanes of at least 4 members (excludes halogenated alkanes) is 1. The fourth-order valence-electron chi connectivity index (χ4n) is 4.79. The van der Waals surface area contributed by atoms with Crippen LogP contribution in [0.3, 0.4) is 0 Å². The van der Waals surface area contributed by atoms with Gasteiger partial charge < -0.3 is 19.3 Å². The monoisotopic (exact) mass is 784 g/mol. The van der Waals surface area contributed by atoms with Crippen LogP contribution in [-0.4, -0.2) is 85.3 Å². The van der Waals surface area contributed by atoms with Crippen LogP contribution in [0.25, 0.3) is 11.9 Å². The van der Waals surface area contributed by atoms with Gasteiger partial charge in [-0.05, 0) is 12.8 Å². The molecule has 0 aliphatic rings. The van der Waals surface area contributed by atoms with Gasteiger partial charge in [0.15, 0.2) is 12.5 Å². The van der Waals surface area contributed by atoms with E-state index in [4.69, 9.17) is 20.9 Å². The largest absolute Gasteiger partial charge is 0.447 e. The molecule has 22 heteroatoms. The van der Waals surface area contributed by atoms with Crippen molar-refractivity contribution in [3.63, 3.8) is 0 Å². The number of anilines is 2. The standard InChI is InChI=1S/C30H36N14O4S4/c31-21(5-11-41(17-23-35-9-15-49-23)29-37-27(39-51-29)43-13-7-33-19-43)47-25(45)3-1-2-4-26(46)48-22(32)6-12-42(18-24-36-10-16-50-24)30-38-28(40-52-30)44-14-8-34-20-44/h7-10,13-16,19-22H,1-6,11-12,17-18,31-32H2. The van der Waals surface area contributed by atoms with Gasteiger partial charge in [-0.3, -0.25) is 30.2 Å². The highest BCUT2D eigenvalue weighted by atomic mass is 32.1. The second kappa shape index (κ2) is 18.7. The van der Waals surface area contributed by atoms with Crippen molar-refractivity contribution in [1.29, 1.82) is 0 Å². The first kappa shape index (κ1) is 37.0. The van der Waals surface area contributed by atoms with E-state index in [0.29, 0.717) is 74.0 Å². The quantitative estimate of drug-likeness (QED) is 0.0606. The van der Waals surface area contributed by atoms with Gasteiger partial charge >= 0.3 is 11.9 Å². The molecule has 274 valence electrons. The van der Waals surface area contributed by atoms with Crippen molar-refractivity contribution in [2.75, 3.05) is 22.9 Å². The molecular weight excluding hydrogens is 749 g/mol. The van der Waals surface area contributed by atoms with Crippen molar-refractivity contribution in [2.24, 2.45) is 11.5 Å². The van der Waals surface area contributed by atoms with Crippen molar-refractivity contribution in [3.8, 4) is 11.9 Å². The summed E-state index contributed by atoms with van der Waals surface area (Å²) in [6.07, 6.45) is 13.8. The van der Waals surface area contributed by atoms with Crippen LogP contribution < -0.4 is 21.3 Å². The molecule has 6 aromatic heterocycles. The minimum Gasteiger partial charge on any atom is -0.447 e. The summed E-state index contributed by atoms with van der Waals surface area (Å²) in [6, 6.07) is 0. The van der Waals surface area contributed by atoms with Gasteiger partial charge in [0, 0.05) is 110 Å². The Bertz CT molecular complexity index is 1780. The lowest BCUT2D eigenvalue weighted by Gasteiger charge is -2.22. The fraction of sp³-hybridized carbons (Fsp3) is 0.400. The predicted octanol–water partition coefficient (Wildman–Crippen LogP) is 3.38. The lowest BCUT2D eigenvalue weighted by Crippen LogP contribution is -2.33. The lowest BCUT2D eigenvalue weighted by molar-refractivity contribution is -0.151. The summed E-state index contributed by atoms with van der Waals surface area (Å²) in [5.74, 6) is 0.164. The van der Waals surface area contributed by atoms with Crippen molar-refractivity contribution in [1.82, 2.24) is 47.8 Å². The molecule has 0 spiro atoms. The molecule has 18 nitrogen and oxygen atoms in total. The van der Waals surface area contributed by atoms with Crippen molar-refractivity contribution >= 4 is 67.9 Å². The maximum atomic E-state index is 12.5. The average Bonchev–Trinajstić information content (AvgIpc) is 3.98. The van der Waals surface area contributed by atoms with Gasteiger partial charge in [0.2, 0.25) is 22.2 Å². The summed E-state index contributed by atoms with van der Waals surface area (Å²) in [5, 5.41) is 7.02. The number of nitrogens with zero attached hydrogens (tertiary/aromatic N) is 12. The molecule has 0 saturated carbocycles. The SMILES string of the molecule is NC(CCN(Cc1nccs1)c1nc(-n2ccnc2)ns1)OC(=O)CCCCC(=O)OC(N)CCN(Cc1nccs1)c1nc(-n2ccnc2)ns1. The first-order chi connectivity index (χ1) is 25.4. The number of nitrogens with two attached hydrogens (primary N) is 2. The highest BCUT2D eigenvalue weighted by Crippen LogP contribution is 2.24. The van der Waals surface area contributed by atoms with E-state index in [9.17, 15) is 9.59 Å². The van der Waals surface area contributed by atoms with E-state index < -0.39 is 24.4 Å². The number of thiazole rings is 2. The fourth-order valence-corrected chi connectivity index (χ4v) is 7.44. The van der Waals surface area contributed by atoms with Gasteiger partial charge in [-0.25, -0.2) is 19.9 Å². The summed E-state index contributed by atoms with van der Waals surface area (Å²) in [6.45, 7) is 1.96. The number of carbonyl (C=O) groups is 2. The lowest BCUT2D eigenvalue weighted by atomic mass is 10.2. The minimum absolute atomic E-state index is 0.120. The summed E-state index contributed by atoms with van der Waals surface area (Å²) < 4.78 is 23.2. The van der Waals surface area contributed by atoms with E-state index in [1.54, 1.807) is 59.0 Å². The molecule has 4 N–H and O–H groups in total. The van der Waals surface area contributed by atoms with E-state index in [0.717, 1.165) is 10.0 Å². The van der Waals surface area contributed by atoms with E-state index in [1.165, 1.54) is 45.7 Å². The predicted molar refractivity (Wildman–Crippen MR) is 196 cm³/mol. The molecule has 6 aromatic rings. The Balaban J connectivity index is 0.891. The number of hydrogen-bond donors (Lipinski definition) is 2. The second-order valence-corrected chi connectivity index (χ2v) is 14.6. The van der Waals surface area contributed by atoms with E-state index in [2.05, 4.69) is 38.7 Å². The number of rotatable bonds is 21. The topological polar surface area (TPSA) is 224 Å². The highest BCUT2D eigenvalue weighted by molar-refractivity contribution is 7.10. The zero-order valence-corrected chi connectivity index (χ0v) is 31.1. The molecule has 52 heavy (non-hydrogen) atoms. The molecule has 0 aliphatic carbocycles. The maximum Gasteiger partial charge on any atom is 0.307 e. The molecule has 0 aromatic carbocycles. The van der Waals surface area contributed by atoms with Crippen LogP contribution in [0.1, 0.15) is 48.5 Å². The molecule has 6 heterocycles. The van der Waals surface area contributed by atoms with Crippen LogP contribution in [-0.2, 0) is 32.2 Å². The Kier molecular flexibility index (Phi) is 13.3. The van der Waals surface area contributed by atoms with Crippen LogP contribution in [0.15, 0.2) is 60.6 Å². The van der Waals surface area contributed by atoms with Crippen LogP contribution >= 0.6 is 45.7 Å². The second-order valence-electron chi connectivity index (χ2n) is 11.2. The third-order valence-corrected chi connectivity index (χ3v) is 10.4. The molecule has 0 radical (unpaired) electrons. The van der Waals surface area contributed by atoms with Gasteiger partial charge in [-0.15, -0.1) is 22.7 Å². The molecule has 0 fully saturated rings. The van der Waals surface area contributed by atoms with Crippen molar-refractivity contribution in [2.45, 2.75) is 64.1 Å². The van der Waals surface area contributed by atoms with E-state index >= 15 is 0 Å². The molecule has 0 bridgehead atoms. The first-order valence-corrected chi connectivity index (χ1v) is 19.5. The van der Waals surface area contributed by atoms with Crippen LogP contribution in [0.2, 0.25) is 0 Å². The Labute approximate surface area is 314 Å². The van der Waals surface area contributed by atoms with Crippen molar-refractivity contribution in [3.05, 3.63) is 70.6 Å². The average molecular weight is 785 g/mol. The third-order valence-electron chi connectivity index (χ3n) is 7.38. The molecule has 0 aliphatic heterocycles. The Hall–Kier alpha value is -4.74. The van der Waals surface area contributed by atoms with E-state index in [1.807, 2.05) is 20.6 Å². The number of hydrogen-bond acceptors (Lipinski definition) is 20. The molecule has 0 saturated heterocycles. The Morgan fingerprint density at radius 1 is 0.712 bits per heavy atom. The van der Waals surface area contributed by atoms with Gasteiger partial charge in [0.1, 0.15) is 22.7 Å². The first-order valence-electron chi connectivity index (χ1n) is 16.2. The summed E-state index contributed by atoms with van der Waals surface area (Å²) in [5.41, 5.74) is 12.4. The van der Waals surface area contributed by atoms with Gasteiger partial charge in [-0.2, -0.15) is 18.7 Å². The summed E-state index contributed by atoms with van der Waals surface area (Å²) >= 11 is 5.58. The Morgan fingerprint density at radius 3 is 1.56 bits per heavy atom. The van der Waals surface area contributed by atoms with Gasteiger partial charge in [0.25, 0.3) is 0 Å². The number of esters is 2. The number of carbonyl (C=O) groups excluding carboxylic acids is 2. The third kappa shape index (κ3) is 10.9. The summed E-state index contributed by atoms with van der Waals surface area (Å²) in [7, 11) is 0. The molecule has 0 amide bonds. The number of aromatic nitrogens is 10. The van der Waals surface area contributed by atoms with Crippen LogP contribution in [0, 0.1) is 0 Å². The molecule has 6 rings (SSSR count). The normalized spacial score (nSPS) is 12.4. The molecule has 2 atom stereocenters. The molecule has 2 unspecified atom stereocenters. The van der Waals surface area contributed by atoms with Gasteiger partial charge in [-0.1, -0.05) is 0 Å². The maximum absolute atomic E-state index is 12.5. The number of ether oxygens (including phenoxy) is 2. The zero-order chi connectivity index (χ0) is 36.1. The van der Waals surface area contributed by atoms with Gasteiger partial charge in [0.05, 0.1) is 13.1 Å². The highest BCUT2D eigenvalue weighted by Gasteiger charge is 2.20.